The molecule has 7 nitrogen and oxygen atoms in total. The number of nitrogens with zero attached hydrogens (tertiary/aromatic N) is 2. The van der Waals surface area contributed by atoms with E-state index in [0.717, 1.165) is 5.56 Å². The fourth-order valence-corrected chi connectivity index (χ4v) is 3.94. The highest BCUT2D eigenvalue weighted by atomic mass is 16.5. The maximum Gasteiger partial charge on any atom is 0.300 e. The van der Waals surface area contributed by atoms with Crippen molar-refractivity contribution in [3.05, 3.63) is 89.3 Å². The second-order valence-electron chi connectivity index (χ2n) is 7.55. The van der Waals surface area contributed by atoms with E-state index < -0.39 is 17.7 Å². The number of Topliss-reactive ketones (excluding diaryl/α,β-unsaturated/α-hetero) is 1. The van der Waals surface area contributed by atoms with Crippen molar-refractivity contribution in [1.29, 1.82) is 0 Å². The number of aliphatic hydroxyl groups is 1. The van der Waals surface area contributed by atoms with E-state index in [9.17, 15) is 14.7 Å². The van der Waals surface area contributed by atoms with Gasteiger partial charge < -0.3 is 14.6 Å². The summed E-state index contributed by atoms with van der Waals surface area (Å²) in [6, 6.07) is 16.5. The molecule has 1 atom stereocenters. The van der Waals surface area contributed by atoms with Gasteiger partial charge in [0, 0.05) is 11.9 Å². The van der Waals surface area contributed by atoms with Crippen molar-refractivity contribution in [3.63, 3.8) is 0 Å². The number of aromatic nitrogens is 1. The second-order valence-corrected chi connectivity index (χ2v) is 7.55. The van der Waals surface area contributed by atoms with Crippen molar-refractivity contribution in [2.45, 2.75) is 19.9 Å². The summed E-state index contributed by atoms with van der Waals surface area (Å²) in [6.07, 6.45) is 1.58. The Kier molecular flexibility index (Phi) is 6.13. The number of hydrogen-bond donors (Lipinski definition) is 1. The van der Waals surface area contributed by atoms with E-state index in [-0.39, 0.29) is 11.3 Å². The van der Waals surface area contributed by atoms with Crippen molar-refractivity contribution in [3.8, 4) is 11.5 Å². The molecule has 168 valence electrons. The van der Waals surface area contributed by atoms with Gasteiger partial charge in [-0.15, -0.1) is 0 Å². The van der Waals surface area contributed by atoms with E-state index in [1.807, 2.05) is 19.9 Å². The number of benzene rings is 2. The van der Waals surface area contributed by atoms with Gasteiger partial charge in [-0.2, -0.15) is 0 Å². The number of carbonyl (C=O) groups is 2. The van der Waals surface area contributed by atoms with Crippen LogP contribution >= 0.6 is 0 Å². The molecule has 7 heteroatoms. The fourth-order valence-electron chi connectivity index (χ4n) is 3.94. The van der Waals surface area contributed by atoms with Gasteiger partial charge in [-0.3, -0.25) is 19.5 Å². The van der Waals surface area contributed by atoms with Crippen molar-refractivity contribution in [2.75, 3.05) is 18.6 Å². The van der Waals surface area contributed by atoms with Crippen molar-refractivity contribution >= 4 is 23.1 Å². The summed E-state index contributed by atoms with van der Waals surface area (Å²) < 4.78 is 10.9. The zero-order chi connectivity index (χ0) is 23.5. The Morgan fingerprint density at radius 3 is 2.48 bits per heavy atom. The average molecular weight is 444 g/mol. The summed E-state index contributed by atoms with van der Waals surface area (Å²) in [5.41, 5.74) is 2.11. The van der Waals surface area contributed by atoms with E-state index in [2.05, 4.69) is 4.98 Å². The molecule has 1 fully saturated rings. The van der Waals surface area contributed by atoms with Crippen LogP contribution in [0.4, 0.5) is 5.69 Å². The topological polar surface area (TPSA) is 89.0 Å². The first-order chi connectivity index (χ1) is 16.0. The average Bonchev–Trinajstić information content (AvgIpc) is 3.10. The first-order valence-corrected chi connectivity index (χ1v) is 10.6. The summed E-state index contributed by atoms with van der Waals surface area (Å²) in [5.74, 6) is -0.802. The molecule has 4 rings (SSSR count). The van der Waals surface area contributed by atoms with E-state index in [0.29, 0.717) is 35.1 Å². The molecule has 1 amide bonds. The van der Waals surface area contributed by atoms with E-state index in [1.165, 1.54) is 12.0 Å². The minimum absolute atomic E-state index is 0.0449. The van der Waals surface area contributed by atoms with Crippen LogP contribution in [0.25, 0.3) is 5.76 Å². The van der Waals surface area contributed by atoms with Crippen molar-refractivity contribution in [1.82, 2.24) is 4.98 Å². The van der Waals surface area contributed by atoms with Gasteiger partial charge in [0.1, 0.15) is 23.3 Å². The number of pyridine rings is 1. The largest absolute Gasteiger partial charge is 0.507 e. The predicted octanol–water partition coefficient (Wildman–Crippen LogP) is 4.42. The van der Waals surface area contributed by atoms with E-state index >= 15 is 0 Å². The van der Waals surface area contributed by atoms with Crippen LogP contribution in [0, 0.1) is 6.92 Å². The summed E-state index contributed by atoms with van der Waals surface area (Å²) in [7, 11) is 1.48. The van der Waals surface area contributed by atoms with Crippen LogP contribution < -0.4 is 14.4 Å². The first kappa shape index (κ1) is 22.1. The highest BCUT2D eigenvalue weighted by Crippen LogP contribution is 2.43. The third-order valence-corrected chi connectivity index (χ3v) is 5.45. The monoisotopic (exact) mass is 444 g/mol. The predicted molar refractivity (Wildman–Crippen MR) is 124 cm³/mol. The number of aliphatic hydroxyl groups excluding tert-OH is 1. The van der Waals surface area contributed by atoms with Crippen LogP contribution in [-0.4, -0.2) is 35.5 Å². The Morgan fingerprint density at radius 2 is 1.85 bits per heavy atom. The molecule has 33 heavy (non-hydrogen) atoms. The Bertz CT molecular complexity index is 1220. The molecule has 0 radical (unpaired) electrons. The maximum atomic E-state index is 13.2. The van der Waals surface area contributed by atoms with Crippen LogP contribution in [-0.2, 0) is 9.59 Å². The summed E-state index contributed by atoms with van der Waals surface area (Å²) in [6.45, 7) is 4.26. The van der Waals surface area contributed by atoms with Gasteiger partial charge in [-0.05, 0) is 62.4 Å². The maximum absolute atomic E-state index is 13.2. The number of ether oxygens (including phenoxy) is 2. The highest BCUT2D eigenvalue weighted by molar-refractivity contribution is 6.51. The lowest BCUT2D eigenvalue weighted by Gasteiger charge is -2.25. The molecular weight excluding hydrogens is 420 g/mol. The summed E-state index contributed by atoms with van der Waals surface area (Å²) >= 11 is 0. The number of hydrogen-bond acceptors (Lipinski definition) is 6. The molecular formula is C26H24N2O5. The van der Waals surface area contributed by atoms with Gasteiger partial charge in [0.15, 0.2) is 0 Å². The molecule has 2 aromatic carbocycles. The summed E-state index contributed by atoms with van der Waals surface area (Å²) in [5, 5.41) is 11.3. The van der Waals surface area contributed by atoms with Gasteiger partial charge in [-0.1, -0.05) is 17.7 Å². The van der Waals surface area contributed by atoms with Crippen molar-refractivity contribution in [2.24, 2.45) is 0 Å². The van der Waals surface area contributed by atoms with E-state index in [1.54, 1.807) is 60.8 Å². The molecule has 1 saturated heterocycles. The molecule has 0 aliphatic carbocycles. The standard InChI is InChI=1S/C26H24N2O5/c1-4-33-18-11-9-17(10-12-18)28-23(20-7-5-6-14-27-20)22(25(30)26(28)31)24(29)19-15-16(2)8-13-21(19)32-3/h5-15,23,29H,4H2,1-3H3/b24-22+. The molecule has 2 heterocycles. The van der Waals surface area contributed by atoms with Gasteiger partial charge >= 0.3 is 0 Å². The Hall–Kier alpha value is -4.13. The van der Waals surface area contributed by atoms with E-state index in [4.69, 9.17) is 9.47 Å². The van der Waals surface area contributed by atoms with Crippen molar-refractivity contribution < 1.29 is 24.2 Å². The molecule has 1 N–H and O–H groups in total. The molecule has 1 unspecified atom stereocenters. The molecule has 0 spiro atoms. The normalized spacial score (nSPS) is 17.3. The third kappa shape index (κ3) is 4.05. The smallest absolute Gasteiger partial charge is 0.300 e. The number of anilines is 1. The Labute approximate surface area is 191 Å². The highest BCUT2D eigenvalue weighted by Gasteiger charge is 2.47. The Balaban J connectivity index is 1.92. The van der Waals surface area contributed by atoms with Crippen LogP contribution in [0.3, 0.4) is 0 Å². The second kappa shape index (κ2) is 9.16. The molecule has 1 aromatic heterocycles. The van der Waals surface area contributed by atoms with Crippen LogP contribution in [0.1, 0.15) is 29.8 Å². The molecule has 0 saturated carbocycles. The number of carbonyl (C=O) groups excluding carboxylic acids is 2. The number of ketones is 1. The SMILES string of the molecule is CCOc1ccc(N2C(=O)C(=O)/C(=C(/O)c3cc(C)ccc3OC)C2c2ccccn2)cc1. The van der Waals surface area contributed by atoms with Gasteiger partial charge in [0.25, 0.3) is 11.7 Å². The van der Waals surface area contributed by atoms with Gasteiger partial charge in [-0.25, -0.2) is 0 Å². The number of amides is 1. The molecule has 0 bridgehead atoms. The Morgan fingerprint density at radius 1 is 1.09 bits per heavy atom. The fraction of sp³-hybridized carbons (Fsp3) is 0.192. The molecule has 1 aliphatic heterocycles. The molecule has 3 aromatic rings. The van der Waals surface area contributed by atoms with Gasteiger partial charge in [0.05, 0.1) is 30.5 Å². The third-order valence-electron chi connectivity index (χ3n) is 5.45. The minimum atomic E-state index is -0.908. The lowest BCUT2D eigenvalue weighted by Crippen LogP contribution is -2.29. The van der Waals surface area contributed by atoms with Crippen LogP contribution in [0.5, 0.6) is 11.5 Å². The quantitative estimate of drug-likeness (QED) is 0.344. The number of methoxy groups -OCH3 is 1. The zero-order valence-corrected chi connectivity index (χ0v) is 18.6. The van der Waals surface area contributed by atoms with Crippen LogP contribution in [0.15, 0.2) is 72.4 Å². The van der Waals surface area contributed by atoms with Gasteiger partial charge in [0.2, 0.25) is 0 Å². The first-order valence-electron chi connectivity index (χ1n) is 10.6. The lowest BCUT2D eigenvalue weighted by atomic mass is 9.97. The number of aryl methyl sites for hydroxylation is 1. The zero-order valence-electron chi connectivity index (χ0n) is 18.6. The summed E-state index contributed by atoms with van der Waals surface area (Å²) in [4.78, 5) is 32.2. The number of rotatable bonds is 6. The molecule has 1 aliphatic rings. The minimum Gasteiger partial charge on any atom is -0.507 e. The van der Waals surface area contributed by atoms with Crippen LogP contribution in [0.2, 0.25) is 0 Å². The lowest BCUT2D eigenvalue weighted by molar-refractivity contribution is -0.132.